The number of carbonyl (C=O) groups is 1. The number of nitrogens with zero attached hydrogens (tertiary/aromatic N) is 1. The lowest BCUT2D eigenvalue weighted by atomic mass is 10.1. The van der Waals surface area contributed by atoms with Crippen LogP contribution >= 0.6 is 0 Å². The lowest BCUT2D eigenvalue weighted by molar-refractivity contribution is 0.214. The lowest BCUT2D eigenvalue weighted by Crippen LogP contribution is -2.36. The van der Waals surface area contributed by atoms with Crippen molar-refractivity contribution in [3.8, 4) is 0 Å². The summed E-state index contributed by atoms with van der Waals surface area (Å²) in [5.74, 6) is 0.0146. The van der Waals surface area contributed by atoms with E-state index >= 15 is 0 Å². The van der Waals surface area contributed by atoms with Gasteiger partial charge in [-0.3, -0.25) is 0 Å². The van der Waals surface area contributed by atoms with E-state index in [-0.39, 0.29) is 11.8 Å². The fourth-order valence-corrected chi connectivity index (χ4v) is 1.04. The summed E-state index contributed by atoms with van der Waals surface area (Å²) in [5.41, 5.74) is 1.64. The van der Waals surface area contributed by atoms with Crippen molar-refractivity contribution < 1.29 is 9.90 Å². The molecule has 0 aromatic rings. The first-order chi connectivity index (χ1) is 6.40. The molecule has 0 aliphatic carbocycles. The molecule has 0 bridgehead atoms. The molecular weight excluding hydrogens is 180 g/mol. The Kier molecular flexibility index (Phi) is 4.77. The standard InChI is InChI=1S/C10H18N2O2/c1-7(2)9(8(3)13)6-12(5)10(14)11-4/h13H,3,6H2,1-2,4-5H3,(H,11,14). The van der Waals surface area contributed by atoms with E-state index in [9.17, 15) is 9.90 Å². The first-order valence-corrected chi connectivity index (χ1v) is 4.37. The molecule has 0 spiro atoms. The average Bonchev–Trinajstić information content (AvgIpc) is 2.11. The quantitative estimate of drug-likeness (QED) is 0.535. The smallest absolute Gasteiger partial charge is 0.317 e. The van der Waals surface area contributed by atoms with Crippen LogP contribution in [-0.2, 0) is 0 Å². The van der Waals surface area contributed by atoms with Gasteiger partial charge in [-0.05, 0) is 13.8 Å². The number of hydrogen-bond acceptors (Lipinski definition) is 2. The molecule has 0 saturated heterocycles. The third-order valence-corrected chi connectivity index (χ3v) is 1.91. The zero-order valence-corrected chi connectivity index (χ0v) is 9.22. The van der Waals surface area contributed by atoms with Crippen LogP contribution in [-0.4, -0.2) is 36.7 Å². The zero-order chi connectivity index (χ0) is 11.3. The summed E-state index contributed by atoms with van der Waals surface area (Å²) < 4.78 is 0. The van der Waals surface area contributed by atoms with Crippen molar-refractivity contribution in [2.24, 2.45) is 0 Å². The van der Waals surface area contributed by atoms with Crippen LogP contribution in [0.25, 0.3) is 0 Å². The van der Waals surface area contributed by atoms with Crippen molar-refractivity contribution in [3.63, 3.8) is 0 Å². The number of aliphatic hydroxyl groups is 1. The average molecular weight is 198 g/mol. The molecule has 4 nitrogen and oxygen atoms in total. The maximum absolute atomic E-state index is 11.2. The molecule has 0 atom stereocenters. The Hall–Kier alpha value is -1.45. The highest BCUT2D eigenvalue weighted by Gasteiger charge is 2.11. The maximum atomic E-state index is 11.2. The van der Waals surface area contributed by atoms with Crippen molar-refractivity contribution in [1.82, 2.24) is 10.2 Å². The fraction of sp³-hybridized carbons (Fsp3) is 0.500. The van der Waals surface area contributed by atoms with E-state index in [2.05, 4.69) is 11.9 Å². The third-order valence-electron chi connectivity index (χ3n) is 1.91. The van der Waals surface area contributed by atoms with Crippen molar-refractivity contribution in [2.45, 2.75) is 13.8 Å². The van der Waals surface area contributed by atoms with E-state index in [1.807, 2.05) is 13.8 Å². The second-order valence-corrected chi connectivity index (χ2v) is 3.34. The molecule has 0 heterocycles. The van der Waals surface area contributed by atoms with Crippen molar-refractivity contribution in [2.75, 3.05) is 20.6 Å². The van der Waals surface area contributed by atoms with Gasteiger partial charge in [0.25, 0.3) is 0 Å². The molecule has 0 unspecified atom stereocenters. The summed E-state index contributed by atoms with van der Waals surface area (Å²) in [6, 6.07) is -0.190. The highest BCUT2D eigenvalue weighted by atomic mass is 16.3. The molecule has 0 aliphatic rings. The molecule has 0 aromatic carbocycles. The number of allylic oxidation sites excluding steroid dienone is 1. The van der Waals surface area contributed by atoms with Crippen LogP contribution in [0.4, 0.5) is 4.79 Å². The lowest BCUT2D eigenvalue weighted by Gasteiger charge is -2.19. The summed E-state index contributed by atoms with van der Waals surface area (Å²) >= 11 is 0. The van der Waals surface area contributed by atoms with E-state index in [0.717, 1.165) is 5.57 Å². The normalized spacial score (nSPS) is 9.14. The molecule has 0 rings (SSSR count). The van der Waals surface area contributed by atoms with Crippen LogP contribution in [0, 0.1) is 0 Å². The van der Waals surface area contributed by atoms with Gasteiger partial charge >= 0.3 is 6.03 Å². The van der Waals surface area contributed by atoms with Gasteiger partial charge in [-0.1, -0.05) is 12.2 Å². The van der Waals surface area contributed by atoms with E-state index < -0.39 is 0 Å². The second kappa shape index (κ2) is 5.32. The van der Waals surface area contributed by atoms with Gasteiger partial charge in [0.1, 0.15) is 5.76 Å². The molecule has 2 N–H and O–H groups in total. The van der Waals surface area contributed by atoms with Gasteiger partial charge in [-0.15, -0.1) is 0 Å². The van der Waals surface area contributed by atoms with Gasteiger partial charge in [0.2, 0.25) is 0 Å². The minimum absolute atomic E-state index is 0.0146. The van der Waals surface area contributed by atoms with E-state index in [1.54, 1.807) is 14.1 Å². The zero-order valence-electron chi connectivity index (χ0n) is 9.22. The predicted molar refractivity (Wildman–Crippen MR) is 57.2 cm³/mol. The number of rotatable bonds is 3. The van der Waals surface area contributed by atoms with Gasteiger partial charge < -0.3 is 15.3 Å². The second-order valence-electron chi connectivity index (χ2n) is 3.34. The molecular formula is C10H18N2O2. The maximum Gasteiger partial charge on any atom is 0.317 e. The largest absolute Gasteiger partial charge is 0.508 e. The first-order valence-electron chi connectivity index (χ1n) is 4.37. The van der Waals surface area contributed by atoms with Crippen LogP contribution in [0.2, 0.25) is 0 Å². The third kappa shape index (κ3) is 3.51. The Labute approximate surface area is 84.9 Å². The van der Waals surface area contributed by atoms with Crippen LogP contribution in [0.15, 0.2) is 23.5 Å². The number of urea groups is 1. The predicted octanol–water partition coefficient (Wildman–Crippen LogP) is 1.67. The van der Waals surface area contributed by atoms with E-state index in [0.29, 0.717) is 12.1 Å². The molecule has 80 valence electrons. The van der Waals surface area contributed by atoms with Crippen LogP contribution in [0.1, 0.15) is 13.8 Å². The minimum Gasteiger partial charge on any atom is -0.508 e. The minimum atomic E-state index is -0.190. The summed E-state index contributed by atoms with van der Waals surface area (Å²) in [4.78, 5) is 12.6. The Morgan fingerprint density at radius 2 is 2.00 bits per heavy atom. The molecule has 0 aliphatic heterocycles. The number of hydrogen-bond donors (Lipinski definition) is 2. The molecule has 0 radical (unpaired) electrons. The SMILES string of the molecule is C=C(O)C(CN(C)C(=O)NC)=C(C)C. The van der Waals surface area contributed by atoms with Crippen molar-refractivity contribution >= 4 is 6.03 Å². The number of aliphatic hydroxyl groups excluding tert-OH is 1. The topological polar surface area (TPSA) is 52.6 Å². The Bertz CT molecular complexity index is 265. The highest BCUT2D eigenvalue weighted by molar-refractivity contribution is 5.73. The van der Waals surface area contributed by atoms with Crippen LogP contribution < -0.4 is 5.32 Å². The van der Waals surface area contributed by atoms with Gasteiger partial charge in [0, 0.05) is 19.7 Å². The summed E-state index contributed by atoms with van der Waals surface area (Å²) in [6.07, 6.45) is 0. The molecule has 0 aromatic heterocycles. The Balaban J connectivity index is 4.56. The Morgan fingerprint density at radius 1 is 1.50 bits per heavy atom. The van der Waals surface area contributed by atoms with E-state index in [4.69, 9.17) is 0 Å². The monoisotopic (exact) mass is 198 g/mol. The number of carbonyl (C=O) groups excluding carboxylic acids is 1. The summed E-state index contributed by atoms with van der Waals surface area (Å²) in [7, 11) is 3.22. The number of likely N-dealkylation sites (N-methyl/N-ethyl adjacent to an activating group) is 1. The van der Waals surface area contributed by atoms with Gasteiger partial charge in [-0.25, -0.2) is 4.79 Å². The van der Waals surface area contributed by atoms with Crippen LogP contribution in [0.5, 0.6) is 0 Å². The fourth-order valence-electron chi connectivity index (χ4n) is 1.04. The molecule has 0 fully saturated rings. The Morgan fingerprint density at radius 3 is 2.29 bits per heavy atom. The first kappa shape index (κ1) is 12.6. The van der Waals surface area contributed by atoms with Crippen molar-refractivity contribution in [1.29, 1.82) is 0 Å². The van der Waals surface area contributed by atoms with Crippen LogP contribution in [0.3, 0.4) is 0 Å². The number of nitrogens with one attached hydrogen (secondary N) is 1. The van der Waals surface area contributed by atoms with Gasteiger partial charge in [0.15, 0.2) is 0 Å². The highest BCUT2D eigenvalue weighted by Crippen LogP contribution is 2.11. The summed E-state index contributed by atoms with van der Waals surface area (Å²) in [6.45, 7) is 7.55. The summed E-state index contributed by atoms with van der Waals surface area (Å²) in [5, 5.41) is 11.8. The molecule has 2 amide bonds. The molecule has 14 heavy (non-hydrogen) atoms. The van der Waals surface area contributed by atoms with Gasteiger partial charge in [0.05, 0.1) is 6.54 Å². The molecule has 4 heteroatoms. The number of amides is 2. The van der Waals surface area contributed by atoms with Gasteiger partial charge in [-0.2, -0.15) is 0 Å². The van der Waals surface area contributed by atoms with E-state index in [1.165, 1.54) is 4.90 Å². The molecule has 0 saturated carbocycles. The van der Waals surface area contributed by atoms with Crippen molar-refractivity contribution in [3.05, 3.63) is 23.5 Å².